The molecule has 100 valence electrons. The van der Waals surface area contributed by atoms with E-state index in [1.165, 1.54) is 6.42 Å². The highest BCUT2D eigenvalue weighted by atomic mass is 16.5. The zero-order valence-corrected chi connectivity index (χ0v) is 11.4. The Morgan fingerprint density at radius 2 is 1.67 bits per heavy atom. The zero-order valence-electron chi connectivity index (χ0n) is 11.4. The molecular weight excluding hydrogens is 226 g/mol. The summed E-state index contributed by atoms with van der Waals surface area (Å²) < 4.78 is 11.2. The summed E-state index contributed by atoms with van der Waals surface area (Å²) in [6, 6.07) is 7.84. The first-order valence-electron chi connectivity index (χ1n) is 6.66. The fraction of sp³-hybridized carbons (Fsp3) is 0.600. The lowest BCUT2D eigenvalue weighted by Gasteiger charge is -2.37. The molecule has 0 bridgehead atoms. The molecule has 1 aliphatic rings. The predicted octanol–water partition coefficient (Wildman–Crippen LogP) is 2.84. The van der Waals surface area contributed by atoms with E-state index in [1.54, 1.807) is 7.11 Å². The van der Waals surface area contributed by atoms with E-state index in [0.717, 1.165) is 17.9 Å². The van der Waals surface area contributed by atoms with Gasteiger partial charge in [-0.3, -0.25) is 0 Å². The van der Waals surface area contributed by atoms with Crippen molar-refractivity contribution < 1.29 is 9.47 Å². The first-order chi connectivity index (χ1) is 8.60. The van der Waals surface area contributed by atoms with Gasteiger partial charge in [0.25, 0.3) is 0 Å². The van der Waals surface area contributed by atoms with Crippen LogP contribution in [0.5, 0.6) is 11.5 Å². The van der Waals surface area contributed by atoms with Crippen molar-refractivity contribution in [3.8, 4) is 11.5 Å². The van der Waals surface area contributed by atoms with Crippen LogP contribution in [0.15, 0.2) is 24.3 Å². The highest BCUT2D eigenvalue weighted by Gasteiger charge is 2.33. The van der Waals surface area contributed by atoms with E-state index < -0.39 is 0 Å². The van der Waals surface area contributed by atoms with Gasteiger partial charge in [0.05, 0.1) is 7.11 Å². The molecule has 0 saturated heterocycles. The average Bonchev–Trinajstić information content (AvgIpc) is 2.34. The van der Waals surface area contributed by atoms with Crippen molar-refractivity contribution in [3.63, 3.8) is 0 Å². The molecule has 0 radical (unpaired) electrons. The second-order valence-corrected chi connectivity index (χ2v) is 5.48. The molecule has 3 nitrogen and oxygen atoms in total. The molecule has 1 aliphatic carbocycles. The van der Waals surface area contributed by atoms with E-state index >= 15 is 0 Å². The molecule has 0 aromatic heterocycles. The van der Waals surface area contributed by atoms with Gasteiger partial charge in [-0.2, -0.15) is 0 Å². The van der Waals surface area contributed by atoms with Crippen LogP contribution < -0.4 is 15.2 Å². The van der Waals surface area contributed by atoms with Crippen LogP contribution in [-0.4, -0.2) is 19.3 Å². The number of hydrogen-bond donors (Lipinski definition) is 1. The second kappa shape index (κ2) is 5.61. The van der Waals surface area contributed by atoms with Crippen LogP contribution >= 0.6 is 0 Å². The molecule has 4 atom stereocenters. The Hall–Kier alpha value is -1.22. The number of rotatable bonds is 3. The van der Waals surface area contributed by atoms with E-state index in [2.05, 4.69) is 13.8 Å². The molecule has 1 aromatic rings. The van der Waals surface area contributed by atoms with E-state index in [1.807, 2.05) is 24.3 Å². The molecule has 1 saturated carbocycles. The van der Waals surface area contributed by atoms with E-state index in [4.69, 9.17) is 15.2 Å². The molecule has 0 spiro atoms. The van der Waals surface area contributed by atoms with Crippen molar-refractivity contribution in [1.29, 1.82) is 0 Å². The molecule has 1 fully saturated rings. The standard InChI is InChI=1S/C15H23NO2/c1-10-8-11(2)15(14(16)9-10)18-13-6-4-12(17-3)5-7-13/h4-7,10-11,14-15H,8-9,16H2,1-3H3. The fourth-order valence-corrected chi connectivity index (χ4v) is 2.90. The molecular formula is C15H23NO2. The van der Waals surface area contributed by atoms with Gasteiger partial charge in [-0.1, -0.05) is 13.8 Å². The monoisotopic (exact) mass is 249 g/mol. The molecule has 4 unspecified atom stereocenters. The summed E-state index contributed by atoms with van der Waals surface area (Å²) in [5.74, 6) is 2.92. The summed E-state index contributed by atoms with van der Waals surface area (Å²) in [6.45, 7) is 4.49. The summed E-state index contributed by atoms with van der Waals surface area (Å²) in [4.78, 5) is 0. The van der Waals surface area contributed by atoms with Crippen LogP contribution in [0, 0.1) is 11.8 Å². The van der Waals surface area contributed by atoms with E-state index in [-0.39, 0.29) is 12.1 Å². The number of ether oxygens (including phenoxy) is 2. The first kappa shape index (κ1) is 13.2. The van der Waals surface area contributed by atoms with Crippen molar-refractivity contribution in [2.24, 2.45) is 17.6 Å². The second-order valence-electron chi connectivity index (χ2n) is 5.48. The molecule has 1 aromatic carbocycles. The van der Waals surface area contributed by atoms with E-state index in [9.17, 15) is 0 Å². The number of benzene rings is 1. The Morgan fingerprint density at radius 3 is 2.22 bits per heavy atom. The molecule has 18 heavy (non-hydrogen) atoms. The highest BCUT2D eigenvalue weighted by molar-refractivity contribution is 5.31. The van der Waals surface area contributed by atoms with Crippen molar-refractivity contribution in [2.45, 2.75) is 38.8 Å². The molecule has 2 rings (SSSR count). The zero-order chi connectivity index (χ0) is 13.1. The maximum Gasteiger partial charge on any atom is 0.120 e. The Bertz CT molecular complexity index is 365. The largest absolute Gasteiger partial charge is 0.497 e. The van der Waals surface area contributed by atoms with Gasteiger partial charge in [-0.15, -0.1) is 0 Å². The van der Waals surface area contributed by atoms with Crippen LogP contribution in [-0.2, 0) is 0 Å². The number of hydrogen-bond acceptors (Lipinski definition) is 3. The number of methoxy groups -OCH3 is 1. The van der Waals surface area contributed by atoms with Gasteiger partial charge in [0.2, 0.25) is 0 Å². The molecule has 0 heterocycles. The predicted molar refractivity (Wildman–Crippen MR) is 72.9 cm³/mol. The summed E-state index contributed by atoms with van der Waals surface area (Å²) in [6.07, 6.45) is 2.36. The van der Waals surface area contributed by atoms with Gasteiger partial charge < -0.3 is 15.2 Å². The molecule has 0 amide bonds. The SMILES string of the molecule is COc1ccc(OC2C(C)CC(C)CC2N)cc1. The van der Waals surface area contributed by atoms with Gasteiger partial charge in [-0.25, -0.2) is 0 Å². The van der Waals surface area contributed by atoms with Crippen LogP contribution in [0.4, 0.5) is 0 Å². The Morgan fingerprint density at radius 1 is 1.06 bits per heavy atom. The minimum absolute atomic E-state index is 0.120. The maximum atomic E-state index is 6.21. The van der Waals surface area contributed by atoms with Gasteiger partial charge in [0, 0.05) is 6.04 Å². The third-order valence-electron chi connectivity index (χ3n) is 3.76. The summed E-state index contributed by atoms with van der Waals surface area (Å²) in [5.41, 5.74) is 6.21. The Balaban J connectivity index is 2.03. The summed E-state index contributed by atoms with van der Waals surface area (Å²) in [7, 11) is 1.66. The highest BCUT2D eigenvalue weighted by Crippen LogP contribution is 2.31. The van der Waals surface area contributed by atoms with Crippen LogP contribution in [0.25, 0.3) is 0 Å². The topological polar surface area (TPSA) is 44.5 Å². The van der Waals surface area contributed by atoms with Crippen molar-refractivity contribution >= 4 is 0 Å². The molecule has 0 aliphatic heterocycles. The molecule has 2 N–H and O–H groups in total. The van der Waals surface area contributed by atoms with Crippen molar-refractivity contribution in [3.05, 3.63) is 24.3 Å². The first-order valence-corrected chi connectivity index (χ1v) is 6.66. The van der Waals surface area contributed by atoms with Gasteiger partial charge in [-0.05, 0) is 48.9 Å². The minimum atomic E-state index is 0.120. The van der Waals surface area contributed by atoms with Crippen LogP contribution in [0.2, 0.25) is 0 Å². The van der Waals surface area contributed by atoms with Gasteiger partial charge in [0.15, 0.2) is 0 Å². The normalized spacial score (nSPS) is 32.0. The lowest BCUT2D eigenvalue weighted by atomic mass is 9.78. The van der Waals surface area contributed by atoms with Gasteiger partial charge >= 0.3 is 0 Å². The van der Waals surface area contributed by atoms with Crippen LogP contribution in [0.3, 0.4) is 0 Å². The van der Waals surface area contributed by atoms with Crippen LogP contribution in [0.1, 0.15) is 26.7 Å². The lowest BCUT2D eigenvalue weighted by Crippen LogP contribution is -2.48. The van der Waals surface area contributed by atoms with E-state index in [0.29, 0.717) is 11.8 Å². The Labute approximate surface area is 109 Å². The fourth-order valence-electron chi connectivity index (χ4n) is 2.90. The smallest absolute Gasteiger partial charge is 0.120 e. The molecule has 3 heteroatoms. The van der Waals surface area contributed by atoms with Gasteiger partial charge in [0.1, 0.15) is 17.6 Å². The summed E-state index contributed by atoms with van der Waals surface area (Å²) >= 11 is 0. The average molecular weight is 249 g/mol. The lowest BCUT2D eigenvalue weighted by molar-refractivity contribution is 0.0626. The van der Waals surface area contributed by atoms with Crippen molar-refractivity contribution in [1.82, 2.24) is 0 Å². The summed E-state index contributed by atoms with van der Waals surface area (Å²) in [5, 5.41) is 0. The minimum Gasteiger partial charge on any atom is -0.497 e. The number of nitrogens with two attached hydrogens (primary N) is 1. The maximum absolute atomic E-state index is 6.21. The quantitative estimate of drug-likeness (QED) is 0.896. The Kier molecular flexibility index (Phi) is 4.12. The third-order valence-corrected chi connectivity index (χ3v) is 3.76. The van der Waals surface area contributed by atoms with Crippen molar-refractivity contribution in [2.75, 3.05) is 7.11 Å². The third kappa shape index (κ3) is 2.96.